The summed E-state index contributed by atoms with van der Waals surface area (Å²) in [6.07, 6.45) is 0. The Hall–Kier alpha value is -1.62. The maximum atomic E-state index is 13.9. The molecule has 0 aliphatic carbocycles. The van der Waals surface area contributed by atoms with Crippen molar-refractivity contribution in [3.8, 4) is 0 Å². The second kappa shape index (κ2) is 6.35. The van der Waals surface area contributed by atoms with Crippen LogP contribution in [0.5, 0.6) is 0 Å². The molecular formula is C13H20FN3O. The maximum Gasteiger partial charge on any atom is 0.241 e. The smallest absolute Gasteiger partial charge is 0.241 e. The van der Waals surface area contributed by atoms with E-state index in [0.29, 0.717) is 18.8 Å². The molecule has 0 fully saturated rings. The molecule has 18 heavy (non-hydrogen) atoms. The van der Waals surface area contributed by atoms with Crippen LogP contribution in [0.1, 0.15) is 12.5 Å². The minimum Gasteiger partial charge on any atom is -0.360 e. The molecule has 0 aliphatic rings. The van der Waals surface area contributed by atoms with E-state index in [1.807, 2.05) is 6.92 Å². The van der Waals surface area contributed by atoms with Crippen LogP contribution in [0.4, 0.5) is 10.1 Å². The Morgan fingerprint density at radius 2 is 2.06 bits per heavy atom. The van der Waals surface area contributed by atoms with Gasteiger partial charge in [-0.2, -0.15) is 0 Å². The molecule has 4 nitrogen and oxygen atoms in total. The van der Waals surface area contributed by atoms with Crippen molar-refractivity contribution in [2.75, 3.05) is 32.1 Å². The van der Waals surface area contributed by atoms with Gasteiger partial charge in [0.15, 0.2) is 0 Å². The van der Waals surface area contributed by atoms with E-state index in [1.54, 1.807) is 31.1 Å². The second-order valence-corrected chi connectivity index (χ2v) is 4.29. The van der Waals surface area contributed by atoms with Crippen molar-refractivity contribution >= 4 is 11.6 Å². The van der Waals surface area contributed by atoms with Crippen LogP contribution < -0.4 is 10.6 Å². The number of halogens is 1. The minimum absolute atomic E-state index is 0.0563. The first-order chi connectivity index (χ1) is 8.49. The average molecular weight is 253 g/mol. The van der Waals surface area contributed by atoms with Gasteiger partial charge in [-0.3, -0.25) is 4.79 Å². The Balaban J connectivity index is 2.91. The van der Waals surface area contributed by atoms with E-state index in [0.717, 1.165) is 5.56 Å². The fraction of sp³-hybridized carbons (Fsp3) is 0.462. The van der Waals surface area contributed by atoms with Gasteiger partial charge in [0.2, 0.25) is 5.91 Å². The van der Waals surface area contributed by atoms with Crippen LogP contribution in [0.25, 0.3) is 0 Å². The number of carbonyl (C=O) groups is 1. The lowest BCUT2D eigenvalue weighted by molar-refractivity contribution is -0.127. The first-order valence-electron chi connectivity index (χ1n) is 5.93. The first-order valence-corrected chi connectivity index (χ1v) is 5.93. The predicted molar refractivity (Wildman–Crippen MR) is 70.9 cm³/mol. The normalized spacial score (nSPS) is 10.3. The molecule has 100 valence electrons. The number of carbonyl (C=O) groups excluding carboxylic acids is 1. The number of nitrogens with two attached hydrogens (primary N) is 1. The summed E-state index contributed by atoms with van der Waals surface area (Å²) in [5.41, 5.74) is 6.63. The highest BCUT2D eigenvalue weighted by Gasteiger charge is 2.15. The number of benzene rings is 1. The van der Waals surface area contributed by atoms with E-state index in [2.05, 4.69) is 0 Å². The van der Waals surface area contributed by atoms with E-state index in [-0.39, 0.29) is 18.3 Å². The quantitative estimate of drug-likeness (QED) is 0.858. The number of hydrogen-bond acceptors (Lipinski definition) is 3. The lowest BCUT2D eigenvalue weighted by Crippen LogP contribution is -2.37. The summed E-state index contributed by atoms with van der Waals surface area (Å²) < 4.78 is 13.9. The molecule has 0 aromatic heterocycles. The van der Waals surface area contributed by atoms with Crippen LogP contribution in [-0.2, 0) is 11.3 Å². The first kappa shape index (κ1) is 14.4. The second-order valence-electron chi connectivity index (χ2n) is 4.29. The molecule has 0 heterocycles. The van der Waals surface area contributed by atoms with Crippen LogP contribution in [0.3, 0.4) is 0 Å². The highest BCUT2D eigenvalue weighted by molar-refractivity contribution is 5.81. The fourth-order valence-corrected chi connectivity index (χ4v) is 1.61. The van der Waals surface area contributed by atoms with Gasteiger partial charge >= 0.3 is 0 Å². The zero-order valence-electron chi connectivity index (χ0n) is 11.1. The highest BCUT2D eigenvalue weighted by Crippen LogP contribution is 2.20. The Bertz CT molecular complexity index is 421. The minimum atomic E-state index is -0.341. The molecule has 0 bridgehead atoms. The van der Waals surface area contributed by atoms with Gasteiger partial charge in [0.1, 0.15) is 5.82 Å². The Labute approximate surface area is 107 Å². The molecule has 1 amide bonds. The number of rotatable bonds is 5. The van der Waals surface area contributed by atoms with Gasteiger partial charge in [-0.05, 0) is 24.6 Å². The number of anilines is 1. The SMILES string of the molecule is CCN(CC(=O)N(C)C)c1ccc(CN)cc1F. The van der Waals surface area contributed by atoms with Crippen LogP contribution >= 0.6 is 0 Å². The van der Waals surface area contributed by atoms with Gasteiger partial charge < -0.3 is 15.5 Å². The van der Waals surface area contributed by atoms with Crippen molar-refractivity contribution in [2.45, 2.75) is 13.5 Å². The summed E-state index contributed by atoms with van der Waals surface area (Å²) in [6, 6.07) is 4.86. The van der Waals surface area contributed by atoms with Gasteiger partial charge in [-0.25, -0.2) is 4.39 Å². The Morgan fingerprint density at radius 3 is 2.50 bits per heavy atom. The summed E-state index contributed by atoms with van der Waals surface area (Å²) in [4.78, 5) is 14.9. The van der Waals surface area contributed by atoms with E-state index in [1.165, 1.54) is 11.0 Å². The molecule has 1 rings (SSSR count). The van der Waals surface area contributed by atoms with Crippen molar-refractivity contribution in [1.29, 1.82) is 0 Å². The third kappa shape index (κ3) is 3.43. The molecular weight excluding hydrogens is 233 g/mol. The average Bonchev–Trinajstić information content (AvgIpc) is 2.35. The number of amides is 1. The molecule has 0 unspecified atom stereocenters. The van der Waals surface area contributed by atoms with Crippen LogP contribution in [0, 0.1) is 5.82 Å². The standard InChI is InChI=1S/C13H20FN3O/c1-4-17(9-13(18)16(2)3)12-6-5-10(8-15)7-11(12)14/h5-7H,4,8-9,15H2,1-3H3. The summed E-state index contributed by atoms with van der Waals surface area (Å²) in [5, 5.41) is 0. The van der Waals surface area contributed by atoms with E-state index < -0.39 is 0 Å². The monoisotopic (exact) mass is 253 g/mol. The zero-order chi connectivity index (χ0) is 13.7. The molecule has 0 atom stereocenters. The van der Waals surface area contributed by atoms with Crippen LogP contribution in [0.2, 0.25) is 0 Å². The highest BCUT2D eigenvalue weighted by atomic mass is 19.1. The van der Waals surface area contributed by atoms with Crippen molar-refractivity contribution in [3.63, 3.8) is 0 Å². The van der Waals surface area contributed by atoms with Crippen molar-refractivity contribution < 1.29 is 9.18 Å². The van der Waals surface area contributed by atoms with Crippen LogP contribution in [0.15, 0.2) is 18.2 Å². The Morgan fingerprint density at radius 1 is 1.39 bits per heavy atom. The summed E-state index contributed by atoms with van der Waals surface area (Å²) in [5.74, 6) is -0.398. The summed E-state index contributed by atoms with van der Waals surface area (Å²) >= 11 is 0. The van der Waals surface area contributed by atoms with Gasteiger partial charge in [-0.1, -0.05) is 6.07 Å². The molecule has 0 radical (unpaired) electrons. The lowest BCUT2D eigenvalue weighted by atomic mass is 10.2. The molecule has 0 saturated carbocycles. The molecule has 0 aliphatic heterocycles. The maximum absolute atomic E-state index is 13.9. The van der Waals surface area contributed by atoms with Crippen LogP contribution in [-0.4, -0.2) is 38.0 Å². The van der Waals surface area contributed by atoms with Gasteiger partial charge in [0.25, 0.3) is 0 Å². The largest absolute Gasteiger partial charge is 0.360 e. The molecule has 0 spiro atoms. The zero-order valence-corrected chi connectivity index (χ0v) is 11.1. The fourth-order valence-electron chi connectivity index (χ4n) is 1.61. The topological polar surface area (TPSA) is 49.6 Å². The number of likely N-dealkylation sites (N-methyl/N-ethyl adjacent to an activating group) is 2. The molecule has 1 aromatic rings. The summed E-state index contributed by atoms with van der Waals surface area (Å²) in [7, 11) is 3.37. The van der Waals surface area contributed by atoms with Crippen molar-refractivity contribution in [2.24, 2.45) is 5.73 Å². The molecule has 5 heteroatoms. The van der Waals surface area contributed by atoms with Gasteiger partial charge in [0.05, 0.1) is 12.2 Å². The third-order valence-electron chi connectivity index (χ3n) is 2.80. The Kier molecular flexibility index (Phi) is 5.09. The van der Waals surface area contributed by atoms with Crippen molar-refractivity contribution in [1.82, 2.24) is 4.90 Å². The lowest BCUT2D eigenvalue weighted by Gasteiger charge is -2.24. The van der Waals surface area contributed by atoms with E-state index in [9.17, 15) is 9.18 Å². The predicted octanol–water partition coefficient (Wildman–Crippen LogP) is 1.20. The van der Waals surface area contributed by atoms with Crippen molar-refractivity contribution in [3.05, 3.63) is 29.6 Å². The molecule has 0 saturated heterocycles. The molecule has 1 aromatic carbocycles. The van der Waals surface area contributed by atoms with E-state index in [4.69, 9.17) is 5.73 Å². The molecule has 2 N–H and O–H groups in total. The van der Waals surface area contributed by atoms with E-state index >= 15 is 0 Å². The number of hydrogen-bond donors (Lipinski definition) is 1. The number of nitrogens with zero attached hydrogens (tertiary/aromatic N) is 2. The van der Waals surface area contributed by atoms with Gasteiger partial charge in [0, 0.05) is 27.2 Å². The van der Waals surface area contributed by atoms with Gasteiger partial charge in [-0.15, -0.1) is 0 Å². The third-order valence-corrected chi connectivity index (χ3v) is 2.80. The summed E-state index contributed by atoms with van der Waals surface area (Å²) in [6.45, 7) is 2.93.